The van der Waals surface area contributed by atoms with Crippen LogP contribution < -0.4 is 4.74 Å². The highest BCUT2D eigenvalue weighted by Gasteiger charge is 2.48. The van der Waals surface area contributed by atoms with E-state index in [0.29, 0.717) is 18.6 Å². The maximum absolute atomic E-state index is 12.9. The van der Waals surface area contributed by atoms with E-state index in [1.165, 1.54) is 13.2 Å². The quantitative estimate of drug-likeness (QED) is 0.891. The van der Waals surface area contributed by atoms with Gasteiger partial charge in [0.05, 0.1) is 12.2 Å². The summed E-state index contributed by atoms with van der Waals surface area (Å²) in [5.41, 5.74) is -0.305. The van der Waals surface area contributed by atoms with E-state index in [-0.39, 0.29) is 17.1 Å². The van der Waals surface area contributed by atoms with Crippen molar-refractivity contribution < 1.29 is 37.7 Å². The van der Waals surface area contributed by atoms with Crippen LogP contribution >= 0.6 is 0 Å². The topological polar surface area (TPSA) is 76.0 Å². The van der Waals surface area contributed by atoms with Gasteiger partial charge in [-0.25, -0.2) is 4.79 Å². The summed E-state index contributed by atoms with van der Waals surface area (Å²) in [6.45, 7) is 0.299. The third-order valence-corrected chi connectivity index (χ3v) is 3.17. The molecule has 0 saturated carbocycles. The second-order valence-corrected chi connectivity index (χ2v) is 4.71. The molecule has 1 aromatic carbocycles. The molecule has 5 nitrogen and oxygen atoms in total. The summed E-state index contributed by atoms with van der Waals surface area (Å²) in [7, 11) is 1.47. The number of methoxy groups -OCH3 is 1. The standard InChI is InChI=1S/C14H13F3O5/c1-21-3-2-7-4-8-5-9(13(19)20)12(14(15,16)17)22-11(8)6-10(7)18/h4-6,12,18H,2-3H2,1H3,(H,19,20). The number of carbonyl (C=O) groups is 1. The van der Waals surface area contributed by atoms with Gasteiger partial charge in [0.15, 0.2) is 0 Å². The number of fused-ring (bicyclic) bond motifs is 1. The van der Waals surface area contributed by atoms with Crippen LogP contribution in [0.15, 0.2) is 17.7 Å². The molecular weight excluding hydrogens is 305 g/mol. The Morgan fingerprint density at radius 1 is 1.41 bits per heavy atom. The molecule has 22 heavy (non-hydrogen) atoms. The number of phenols is 1. The van der Waals surface area contributed by atoms with Crippen LogP contribution in [0.2, 0.25) is 0 Å². The van der Waals surface area contributed by atoms with Gasteiger partial charge in [-0.2, -0.15) is 13.2 Å². The lowest BCUT2D eigenvalue weighted by atomic mass is 9.98. The normalized spacial score (nSPS) is 17.5. The maximum Gasteiger partial charge on any atom is 0.430 e. The smallest absolute Gasteiger partial charge is 0.430 e. The van der Waals surface area contributed by atoms with Gasteiger partial charge in [-0.3, -0.25) is 0 Å². The van der Waals surface area contributed by atoms with E-state index in [4.69, 9.17) is 14.6 Å². The molecule has 1 aromatic rings. The molecule has 2 N–H and O–H groups in total. The fraction of sp³-hybridized carbons (Fsp3) is 0.357. The van der Waals surface area contributed by atoms with Gasteiger partial charge in [-0.1, -0.05) is 0 Å². The summed E-state index contributed by atoms with van der Waals surface area (Å²) in [5, 5.41) is 18.7. The lowest BCUT2D eigenvalue weighted by Gasteiger charge is -2.27. The Bertz CT molecular complexity index is 622. The molecule has 0 radical (unpaired) electrons. The molecule has 0 spiro atoms. The summed E-state index contributed by atoms with van der Waals surface area (Å²) >= 11 is 0. The first-order valence-electron chi connectivity index (χ1n) is 6.27. The van der Waals surface area contributed by atoms with Gasteiger partial charge in [-0.15, -0.1) is 0 Å². The Morgan fingerprint density at radius 2 is 2.09 bits per heavy atom. The van der Waals surface area contributed by atoms with Crippen molar-refractivity contribution in [2.24, 2.45) is 0 Å². The monoisotopic (exact) mass is 318 g/mol. The third-order valence-electron chi connectivity index (χ3n) is 3.17. The zero-order valence-corrected chi connectivity index (χ0v) is 11.5. The number of hydrogen-bond donors (Lipinski definition) is 2. The molecule has 1 aliphatic rings. The molecule has 0 fully saturated rings. The molecule has 1 heterocycles. The molecule has 0 aliphatic carbocycles. The first-order valence-corrected chi connectivity index (χ1v) is 6.27. The summed E-state index contributed by atoms with van der Waals surface area (Å²) in [6, 6.07) is 2.44. The molecule has 0 bridgehead atoms. The van der Waals surface area contributed by atoms with Crippen molar-refractivity contribution in [1.29, 1.82) is 0 Å². The van der Waals surface area contributed by atoms with Gasteiger partial charge in [0, 0.05) is 18.7 Å². The minimum Gasteiger partial charge on any atom is -0.508 e. The van der Waals surface area contributed by atoms with Gasteiger partial charge < -0.3 is 19.7 Å². The Hall–Kier alpha value is -2.22. The Morgan fingerprint density at radius 3 is 2.64 bits per heavy atom. The van der Waals surface area contributed by atoms with Crippen molar-refractivity contribution in [3.8, 4) is 11.5 Å². The predicted octanol–water partition coefficient (Wildman–Crippen LogP) is 2.37. The number of phenolic OH excluding ortho intramolecular Hbond substituents is 1. The first kappa shape index (κ1) is 16.2. The van der Waals surface area contributed by atoms with Crippen LogP contribution in [-0.2, 0) is 16.0 Å². The van der Waals surface area contributed by atoms with E-state index in [2.05, 4.69) is 0 Å². The SMILES string of the molecule is COCCc1cc2c(cc1O)OC(C(F)(F)F)C(C(=O)O)=C2. The number of benzene rings is 1. The Labute approximate surface area is 123 Å². The average molecular weight is 318 g/mol. The highest BCUT2D eigenvalue weighted by molar-refractivity contribution is 5.95. The fourth-order valence-corrected chi connectivity index (χ4v) is 2.11. The lowest BCUT2D eigenvalue weighted by Crippen LogP contribution is -2.40. The second kappa shape index (κ2) is 5.88. The van der Waals surface area contributed by atoms with Crippen molar-refractivity contribution in [2.45, 2.75) is 18.7 Å². The van der Waals surface area contributed by atoms with Gasteiger partial charge >= 0.3 is 12.1 Å². The molecule has 0 amide bonds. The van der Waals surface area contributed by atoms with E-state index in [0.717, 1.165) is 12.1 Å². The molecule has 8 heteroatoms. The maximum atomic E-state index is 12.9. The van der Waals surface area contributed by atoms with Gasteiger partial charge in [0.2, 0.25) is 6.10 Å². The van der Waals surface area contributed by atoms with Crippen molar-refractivity contribution in [2.75, 3.05) is 13.7 Å². The first-order chi connectivity index (χ1) is 10.2. The number of halogens is 3. The average Bonchev–Trinajstić information content (AvgIpc) is 2.42. The minimum atomic E-state index is -4.87. The number of alkyl halides is 3. The van der Waals surface area contributed by atoms with Crippen LogP contribution in [0.4, 0.5) is 13.2 Å². The fourth-order valence-electron chi connectivity index (χ4n) is 2.11. The molecule has 1 atom stereocenters. The van der Waals surface area contributed by atoms with Gasteiger partial charge in [0.1, 0.15) is 11.5 Å². The second-order valence-electron chi connectivity index (χ2n) is 4.71. The predicted molar refractivity (Wildman–Crippen MR) is 69.8 cm³/mol. The van der Waals surface area contributed by atoms with Crippen molar-refractivity contribution in [3.05, 3.63) is 28.8 Å². The third kappa shape index (κ3) is 3.16. The number of aliphatic carboxylic acids is 1. The molecule has 0 saturated heterocycles. The lowest BCUT2D eigenvalue weighted by molar-refractivity contribution is -0.187. The molecule has 0 aromatic heterocycles. The Balaban J connectivity index is 2.47. The summed E-state index contributed by atoms with van der Waals surface area (Å²) in [4.78, 5) is 11.0. The Kier molecular flexibility index (Phi) is 4.32. The summed E-state index contributed by atoms with van der Waals surface area (Å²) in [6.07, 6.45) is -6.20. The van der Waals surface area contributed by atoms with Crippen LogP contribution in [0.1, 0.15) is 11.1 Å². The molecular formula is C14H13F3O5. The van der Waals surface area contributed by atoms with E-state index >= 15 is 0 Å². The van der Waals surface area contributed by atoms with Crippen molar-refractivity contribution >= 4 is 12.0 Å². The van der Waals surface area contributed by atoms with E-state index in [1.807, 2.05) is 0 Å². The van der Waals surface area contributed by atoms with Crippen LogP contribution in [0, 0.1) is 0 Å². The van der Waals surface area contributed by atoms with Crippen LogP contribution in [-0.4, -0.2) is 42.2 Å². The zero-order chi connectivity index (χ0) is 16.5. The van der Waals surface area contributed by atoms with Gasteiger partial charge in [0.25, 0.3) is 0 Å². The number of ether oxygens (including phenoxy) is 2. The van der Waals surface area contributed by atoms with Crippen LogP contribution in [0.25, 0.3) is 6.08 Å². The number of carboxylic acids is 1. The highest BCUT2D eigenvalue weighted by Crippen LogP contribution is 2.39. The van der Waals surface area contributed by atoms with Crippen molar-refractivity contribution in [3.63, 3.8) is 0 Å². The summed E-state index contributed by atoms with van der Waals surface area (Å²) < 4.78 is 48.3. The zero-order valence-electron chi connectivity index (χ0n) is 11.5. The number of aromatic hydroxyl groups is 1. The number of hydrogen-bond acceptors (Lipinski definition) is 4. The molecule has 120 valence electrons. The molecule has 1 aliphatic heterocycles. The minimum absolute atomic E-state index is 0.168. The van der Waals surface area contributed by atoms with E-state index in [9.17, 15) is 23.1 Å². The number of rotatable bonds is 4. The number of carboxylic acid groups (broad SMARTS) is 1. The van der Waals surface area contributed by atoms with Crippen LogP contribution in [0.3, 0.4) is 0 Å². The molecule has 2 rings (SSSR count). The van der Waals surface area contributed by atoms with Crippen molar-refractivity contribution in [1.82, 2.24) is 0 Å². The van der Waals surface area contributed by atoms with Gasteiger partial charge in [-0.05, 0) is 24.1 Å². The summed E-state index contributed by atoms with van der Waals surface area (Å²) in [5.74, 6) is -2.16. The largest absolute Gasteiger partial charge is 0.508 e. The van der Waals surface area contributed by atoms with E-state index < -0.39 is 23.8 Å². The van der Waals surface area contributed by atoms with Crippen LogP contribution in [0.5, 0.6) is 11.5 Å². The highest BCUT2D eigenvalue weighted by atomic mass is 19.4. The molecule has 1 unspecified atom stereocenters. The van der Waals surface area contributed by atoms with E-state index in [1.54, 1.807) is 0 Å².